The number of piperidine rings is 1. The zero-order valence-corrected chi connectivity index (χ0v) is 18.6. The minimum absolute atomic E-state index is 0.0602. The summed E-state index contributed by atoms with van der Waals surface area (Å²) in [5.74, 6) is 2.12. The standard InChI is InChI=1S/C25H34N2O3/c1-5-22(21-10-11-23(29-3)24(16-21)30-4)26-25(28)20-8-6-19(7-9-20)17-27-14-12-18(2)13-15-27/h6-11,16,18,22H,5,12-15,17H2,1-4H3,(H,26,28)/t22-/m1/s1. The largest absolute Gasteiger partial charge is 0.493 e. The molecule has 0 aliphatic carbocycles. The van der Waals surface area contributed by atoms with Crippen LogP contribution in [0, 0.1) is 5.92 Å². The minimum Gasteiger partial charge on any atom is -0.493 e. The van der Waals surface area contributed by atoms with Crippen LogP contribution in [0.3, 0.4) is 0 Å². The Bertz CT molecular complexity index is 827. The Morgan fingerprint density at radius 1 is 1.07 bits per heavy atom. The van der Waals surface area contributed by atoms with E-state index in [1.165, 1.54) is 18.4 Å². The number of nitrogens with one attached hydrogen (secondary N) is 1. The van der Waals surface area contributed by atoms with Gasteiger partial charge in [-0.3, -0.25) is 9.69 Å². The summed E-state index contributed by atoms with van der Waals surface area (Å²) >= 11 is 0. The zero-order valence-electron chi connectivity index (χ0n) is 18.6. The quantitative estimate of drug-likeness (QED) is 0.678. The molecule has 3 rings (SSSR count). The van der Waals surface area contributed by atoms with Crippen molar-refractivity contribution in [3.8, 4) is 11.5 Å². The molecule has 1 heterocycles. The smallest absolute Gasteiger partial charge is 0.251 e. The second kappa shape index (κ2) is 10.5. The highest BCUT2D eigenvalue weighted by Gasteiger charge is 2.18. The Hall–Kier alpha value is -2.53. The van der Waals surface area contributed by atoms with Gasteiger partial charge in [-0.2, -0.15) is 0 Å². The molecule has 1 fully saturated rings. The maximum Gasteiger partial charge on any atom is 0.251 e. The van der Waals surface area contributed by atoms with E-state index in [9.17, 15) is 4.79 Å². The van der Waals surface area contributed by atoms with Gasteiger partial charge < -0.3 is 14.8 Å². The van der Waals surface area contributed by atoms with Gasteiger partial charge >= 0.3 is 0 Å². The molecule has 1 saturated heterocycles. The molecule has 1 aliphatic heterocycles. The first-order chi connectivity index (χ1) is 14.5. The lowest BCUT2D eigenvalue weighted by Crippen LogP contribution is -2.32. The maximum atomic E-state index is 12.8. The van der Waals surface area contributed by atoms with Crippen molar-refractivity contribution < 1.29 is 14.3 Å². The number of methoxy groups -OCH3 is 2. The first-order valence-corrected chi connectivity index (χ1v) is 10.9. The topological polar surface area (TPSA) is 50.8 Å². The lowest BCUT2D eigenvalue weighted by atomic mass is 9.98. The molecular weight excluding hydrogens is 376 g/mol. The second-order valence-electron chi connectivity index (χ2n) is 8.20. The molecule has 162 valence electrons. The molecule has 1 atom stereocenters. The summed E-state index contributed by atoms with van der Waals surface area (Å²) in [7, 11) is 3.24. The number of amides is 1. The monoisotopic (exact) mass is 410 g/mol. The van der Waals surface area contributed by atoms with Crippen molar-refractivity contribution in [1.29, 1.82) is 0 Å². The summed E-state index contributed by atoms with van der Waals surface area (Å²) in [6.45, 7) is 7.66. The predicted molar refractivity (Wildman–Crippen MR) is 120 cm³/mol. The van der Waals surface area contributed by atoms with Gasteiger partial charge in [0.2, 0.25) is 0 Å². The molecule has 1 aliphatic rings. The van der Waals surface area contributed by atoms with Crippen LogP contribution in [0.5, 0.6) is 11.5 Å². The van der Waals surface area contributed by atoms with Crippen molar-refractivity contribution in [3.05, 3.63) is 59.2 Å². The van der Waals surface area contributed by atoms with Gasteiger partial charge in [-0.25, -0.2) is 0 Å². The van der Waals surface area contributed by atoms with Gasteiger partial charge in [0.15, 0.2) is 11.5 Å². The molecule has 1 amide bonds. The third kappa shape index (κ3) is 5.54. The SMILES string of the molecule is CC[C@@H](NC(=O)c1ccc(CN2CCC(C)CC2)cc1)c1ccc(OC)c(OC)c1. The van der Waals surface area contributed by atoms with Crippen molar-refractivity contribution in [2.75, 3.05) is 27.3 Å². The summed E-state index contributed by atoms with van der Waals surface area (Å²) in [6, 6.07) is 13.7. The maximum absolute atomic E-state index is 12.8. The van der Waals surface area contributed by atoms with Crippen molar-refractivity contribution >= 4 is 5.91 Å². The van der Waals surface area contributed by atoms with Crippen molar-refractivity contribution in [2.24, 2.45) is 5.92 Å². The molecule has 0 spiro atoms. The van der Waals surface area contributed by atoms with E-state index < -0.39 is 0 Å². The number of carbonyl (C=O) groups is 1. The predicted octanol–water partition coefficient (Wildman–Crippen LogP) is 4.82. The van der Waals surface area contributed by atoms with Crippen LogP contribution < -0.4 is 14.8 Å². The normalized spacial score (nSPS) is 16.1. The van der Waals surface area contributed by atoms with Crippen LogP contribution in [0.4, 0.5) is 0 Å². The molecule has 0 unspecified atom stereocenters. The highest BCUT2D eigenvalue weighted by Crippen LogP contribution is 2.31. The van der Waals surface area contributed by atoms with Gasteiger partial charge in [-0.05, 0) is 73.7 Å². The van der Waals surface area contributed by atoms with E-state index in [1.807, 2.05) is 30.3 Å². The number of likely N-dealkylation sites (tertiary alicyclic amines) is 1. The third-order valence-corrected chi connectivity index (χ3v) is 6.02. The summed E-state index contributed by atoms with van der Waals surface area (Å²) < 4.78 is 10.7. The molecule has 0 saturated carbocycles. The van der Waals surface area contributed by atoms with Crippen LogP contribution in [0.25, 0.3) is 0 Å². The summed E-state index contributed by atoms with van der Waals surface area (Å²) in [5, 5.41) is 3.15. The van der Waals surface area contributed by atoms with Crippen LogP contribution in [0.15, 0.2) is 42.5 Å². The van der Waals surface area contributed by atoms with Crippen molar-refractivity contribution in [1.82, 2.24) is 10.2 Å². The van der Waals surface area contributed by atoms with Crippen LogP contribution >= 0.6 is 0 Å². The van der Waals surface area contributed by atoms with E-state index in [0.717, 1.165) is 37.5 Å². The van der Waals surface area contributed by atoms with E-state index in [1.54, 1.807) is 14.2 Å². The van der Waals surface area contributed by atoms with E-state index in [4.69, 9.17) is 9.47 Å². The molecule has 0 bridgehead atoms. The summed E-state index contributed by atoms with van der Waals surface area (Å²) in [4.78, 5) is 15.3. The third-order valence-electron chi connectivity index (χ3n) is 6.02. The second-order valence-corrected chi connectivity index (χ2v) is 8.20. The highest BCUT2D eigenvalue weighted by atomic mass is 16.5. The Kier molecular flexibility index (Phi) is 7.75. The number of hydrogen-bond acceptors (Lipinski definition) is 4. The fourth-order valence-corrected chi connectivity index (χ4v) is 3.97. The molecule has 2 aromatic rings. The first-order valence-electron chi connectivity index (χ1n) is 10.9. The minimum atomic E-state index is -0.0904. The average molecular weight is 411 g/mol. The lowest BCUT2D eigenvalue weighted by Gasteiger charge is -2.30. The summed E-state index contributed by atoms with van der Waals surface area (Å²) in [6.07, 6.45) is 3.33. The number of ether oxygens (including phenoxy) is 2. The Morgan fingerprint density at radius 2 is 1.73 bits per heavy atom. The van der Waals surface area contributed by atoms with Crippen LogP contribution in [0.2, 0.25) is 0 Å². The van der Waals surface area contributed by atoms with Crippen LogP contribution in [0.1, 0.15) is 60.6 Å². The molecule has 5 heteroatoms. The molecule has 0 radical (unpaired) electrons. The number of nitrogens with zero attached hydrogens (tertiary/aromatic N) is 1. The number of rotatable bonds is 8. The van der Waals surface area contributed by atoms with Crippen LogP contribution in [-0.4, -0.2) is 38.1 Å². The van der Waals surface area contributed by atoms with Crippen molar-refractivity contribution in [2.45, 2.75) is 45.7 Å². The van der Waals surface area contributed by atoms with Gasteiger partial charge in [-0.1, -0.05) is 32.0 Å². The molecule has 1 N–H and O–H groups in total. The summed E-state index contributed by atoms with van der Waals surface area (Å²) in [5.41, 5.74) is 2.94. The van der Waals surface area contributed by atoms with Gasteiger partial charge in [-0.15, -0.1) is 0 Å². The van der Waals surface area contributed by atoms with Gasteiger partial charge in [0.25, 0.3) is 5.91 Å². The Morgan fingerprint density at radius 3 is 2.33 bits per heavy atom. The number of carbonyl (C=O) groups excluding carboxylic acids is 1. The molecule has 0 aromatic heterocycles. The Labute approximate surface area is 180 Å². The fourth-order valence-electron chi connectivity index (χ4n) is 3.97. The van der Waals surface area contributed by atoms with E-state index in [0.29, 0.717) is 17.1 Å². The molecule has 5 nitrogen and oxygen atoms in total. The van der Waals surface area contributed by atoms with Gasteiger partial charge in [0, 0.05) is 12.1 Å². The van der Waals surface area contributed by atoms with E-state index in [2.05, 4.69) is 36.2 Å². The number of hydrogen-bond donors (Lipinski definition) is 1. The van der Waals surface area contributed by atoms with Crippen LogP contribution in [-0.2, 0) is 6.54 Å². The zero-order chi connectivity index (χ0) is 21.5. The van der Waals surface area contributed by atoms with E-state index in [-0.39, 0.29) is 11.9 Å². The molecule has 2 aromatic carbocycles. The van der Waals surface area contributed by atoms with Gasteiger partial charge in [0.05, 0.1) is 20.3 Å². The number of benzene rings is 2. The Balaban J connectivity index is 1.62. The molecule has 30 heavy (non-hydrogen) atoms. The lowest BCUT2D eigenvalue weighted by molar-refractivity contribution is 0.0935. The highest BCUT2D eigenvalue weighted by molar-refractivity contribution is 5.94. The van der Waals surface area contributed by atoms with Crippen molar-refractivity contribution in [3.63, 3.8) is 0 Å². The van der Waals surface area contributed by atoms with E-state index >= 15 is 0 Å². The molecular formula is C25H34N2O3. The first kappa shape index (κ1) is 22.2. The fraction of sp³-hybridized carbons (Fsp3) is 0.480. The van der Waals surface area contributed by atoms with Gasteiger partial charge in [0.1, 0.15) is 0 Å². The average Bonchev–Trinajstić information content (AvgIpc) is 2.78.